The average molecular weight is 220 g/mol. The van der Waals surface area contributed by atoms with Crippen molar-refractivity contribution in [3.05, 3.63) is 36.4 Å². The first-order valence-electron chi connectivity index (χ1n) is 5.19. The maximum atomic E-state index is 11.3. The van der Waals surface area contributed by atoms with E-state index in [0.29, 0.717) is 18.3 Å². The smallest absolute Gasteiger partial charge is 0.434 e. The summed E-state index contributed by atoms with van der Waals surface area (Å²) in [5, 5.41) is 0. The Morgan fingerprint density at radius 3 is 2.75 bits per heavy atom. The summed E-state index contributed by atoms with van der Waals surface area (Å²) in [4.78, 5) is 11.3. The fourth-order valence-corrected chi connectivity index (χ4v) is 1.10. The molecule has 0 N–H and O–H groups in total. The molecule has 0 atom stereocenters. The molecule has 0 bridgehead atoms. The van der Waals surface area contributed by atoms with Crippen molar-refractivity contribution in [3.63, 3.8) is 0 Å². The molecule has 0 amide bonds. The minimum atomic E-state index is -0.678. The molecule has 0 aliphatic heterocycles. The van der Waals surface area contributed by atoms with Crippen LogP contribution in [0.1, 0.15) is 19.4 Å². The van der Waals surface area contributed by atoms with Gasteiger partial charge in [0.2, 0.25) is 0 Å². The van der Waals surface area contributed by atoms with Crippen LogP contribution in [0.5, 0.6) is 5.75 Å². The summed E-state index contributed by atoms with van der Waals surface area (Å²) in [6, 6.07) is 7.16. The van der Waals surface area contributed by atoms with Gasteiger partial charge in [0.25, 0.3) is 0 Å². The van der Waals surface area contributed by atoms with Crippen LogP contribution in [0, 0.1) is 5.92 Å². The van der Waals surface area contributed by atoms with Crippen LogP contribution in [0.3, 0.4) is 0 Å². The molecule has 3 heteroatoms. The van der Waals surface area contributed by atoms with Gasteiger partial charge in [-0.3, -0.25) is 0 Å². The van der Waals surface area contributed by atoms with Crippen LogP contribution in [0.15, 0.2) is 30.8 Å². The number of hydrogen-bond donors (Lipinski definition) is 0. The van der Waals surface area contributed by atoms with Gasteiger partial charge in [-0.15, -0.1) is 0 Å². The zero-order valence-electron chi connectivity index (χ0n) is 9.60. The second-order valence-electron chi connectivity index (χ2n) is 3.80. The van der Waals surface area contributed by atoms with Crippen molar-refractivity contribution in [1.82, 2.24) is 0 Å². The van der Waals surface area contributed by atoms with Crippen molar-refractivity contribution in [2.45, 2.75) is 13.8 Å². The Kier molecular flexibility index (Phi) is 4.58. The molecule has 1 rings (SSSR count). The molecular formula is C13H16O3. The molecule has 0 unspecified atom stereocenters. The van der Waals surface area contributed by atoms with Gasteiger partial charge in [0.1, 0.15) is 5.75 Å². The van der Waals surface area contributed by atoms with Crippen molar-refractivity contribution < 1.29 is 14.3 Å². The molecule has 0 aromatic heterocycles. The summed E-state index contributed by atoms with van der Waals surface area (Å²) >= 11 is 0. The van der Waals surface area contributed by atoms with E-state index in [1.807, 2.05) is 26.0 Å². The SMILES string of the molecule is C=Cc1ccccc1OC(=O)OCC(C)C. The molecule has 0 heterocycles. The molecule has 0 aliphatic carbocycles. The van der Waals surface area contributed by atoms with Gasteiger partial charge < -0.3 is 9.47 Å². The molecule has 0 radical (unpaired) electrons. The number of carbonyl (C=O) groups is 1. The highest BCUT2D eigenvalue weighted by atomic mass is 16.7. The second kappa shape index (κ2) is 5.95. The lowest BCUT2D eigenvalue weighted by Crippen LogP contribution is -2.14. The van der Waals surface area contributed by atoms with Crippen LogP contribution >= 0.6 is 0 Å². The highest BCUT2D eigenvalue weighted by Crippen LogP contribution is 2.19. The first-order chi connectivity index (χ1) is 7.63. The Morgan fingerprint density at radius 2 is 2.12 bits per heavy atom. The molecule has 1 aromatic rings. The Hall–Kier alpha value is -1.77. The van der Waals surface area contributed by atoms with Crippen molar-refractivity contribution >= 4 is 12.2 Å². The monoisotopic (exact) mass is 220 g/mol. The molecule has 3 nitrogen and oxygen atoms in total. The van der Waals surface area contributed by atoms with Crippen molar-refractivity contribution in [3.8, 4) is 5.75 Å². The van der Waals surface area contributed by atoms with Gasteiger partial charge in [-0.25, -0.2) is 4.79 Å². The van der Waals surface area contributed by atoms with E-state index in [0.717, 1.165) is 5.56 Å². The first kappa shape index (κ1) is 12.3. The maximum Gasteiger partial charge on any atom is 0.513 e. The minimum absolute atomic E-state index is 0.294. The summed E-state index contributed by atoms with van der Waals surface area (Å²) in [6.07, 6.45) is 0.952. The van der Waals surface area contributed by atoms with Gasteiger partial charge in [0, 0.05) is 5.56 Å². The Balaban J connectivity index is 2.59. The molecule has 16 heavy (non-hydrogen) atoms. The fraction of sp³-hybridized carbons (Fsp3) is 0.308. The van der Waals surface area contributed by atoms with Gasteiger partial charge in [-0.05, 0) is 12.0 Å². The van der Waals surface area contributed by atoms with E-state index >= 15 is 0 Å². The maximum absolute atomic E-state index is 11.3. The lowest BCUT2D eigenvalue weighted by Gasteiger charge is -2.09. The quantitative estimate of drug-likeness (QED) is 0.575. The van der Waals surface area contributed by atoms with Gasteiger partial charge in [0.15, 0.2) is 0 Å². The normalized spacial score (nSPS) is 9.94. The standard InChI is InChI=1S/C13H16O3/c1-4-11-7-5-6-8-12(11)16-13(14)15-9-10(2)3/h4-8,10H,1,9H2,2-3H3. The summed E-state index contributed by atoms with van der Waals surface area (Å²) in [7, 11) is 0. The van der Waals surface area contributed by atoms with Crippen LogP contribution in [0.25, 0.3) is 6.08 Å². The Morgan fingerprint density at radius 1 is 1.44 bits per heavy atom. The zero-order chi connectivity index (χ0) is 12.0. The van der Waals surface area contributed by atoms with Gasteiger partial charge >= 0.3 is 6.16 Å². The third-order valence-corrected chi connectivity index (χ3v) is 1.87. The molecule has 0 saturated carbocycles. The lowest BCUT2D eigenvalue weighted by molar-refractivity contribution is 0.0885. The summed E-state index contributed by atoms with van der Waals surface area (Å²) in [5.41, 5.74) is 0.768. The number of carbonyl (C=O) groups excluding carboxylic acids is 1. The highest BCUT2D eigenvalue weighted by molar-refractivity contribution is 5.67. The summed E-state index contributed by atoms with van der Waals surface area (Å²) in [5.74, 6) is 0.758. The highest BCUT2D eigenvalue weighted by Gasteiger charge is 2.08. The van der Waals surface area contributed by atoms with E-state index in [4.69, 9.17) is 9.47 Å². The molecular weight excluding hydrogens is 204 g/mol. The molecule has 0 fully saturated rings. The Labute approximate surface area is 95.7 Å². The van der Waals surface area contributed by atoms with E-state index in [2.05, 4.69) is 6.58 Å². The van der Waals surface area contributed by atoms with Crippen LogP contribution in [-0.4, -0.2) is 12.8 Å². The second-order valence-corrected chi connectivity index (χ2v) is 3.80. The van der Waals surface area contributed by atoms with E-state index in [9.17, 15) is 4.79 Å². The predicted molar refractivity (Wildman–Crippen MR) is 63.3 cm³/mol. The topological polar surface area (TPSA) is 35.5 Å². The summed E-state index contributed by atoms with van der Waals surface area (Å²) < 4.78 is 9.97. The third-order valence-electron chi connectivity index (χ3n) is 1.87. The number of para-hydroxylation sites is 1. The molecule has 0 spiro atoms. The first-order valence-corrected chi connectivity index (χ1v) is 5.19. The van der Waals surface area contributed by atoms with Gasteiger partial charge in [0.05, 0.1) is 6.61 Å². The van der Waals surface area contributed by atoms with E-state index in [-0.39, 0.29) is 0 Å². The van der Waals surface area contributed by atoms with Gasteiger partial charge in [-0.2, -0.15) is 0 Å². The van der Waals surface area contributed by atoms with Crippen molar-refractivity contribution in [2.24, 2.45) is 5.92 Å². The van der Waals surface area contributed by atoms with E-state index < -0.39 is 6.16 Å². The largest absolute Gasteiger partial charge is 0.513 e. The number of benzene rings is 1. The Bertz CT molecular complexity index is 369. The predicted octanol–water partition coefficient (Wildman–Crippen LogP) is 3.50. The minimum Gasteiger partial charge on any atom is -0.434 e. The van der Waals surface area contributed by atoms with Crippen LogP contribution in [0.2, 0.25) is 0 Å². The average Bonchev–Trinajstić information content (AvgIpc) is 2.27. The van der Waals surface area contributed by atoms with Crippen LogP contribution in [-0.2, 0) is 4.74 Å². The van der Waals surface area contributed by atoms with E-state index in [1.54, 1.807) is 18.2 Å². The number of rotatable bonds is 4. The fourth-order valence-electron chi connectivity index (χ4n) is 1.10. The molecule has 86 valence electrons. The number of hydrogen-bond acceptors (Lipinski definition) is 3. The number of ether oxygens (including phenoxy) is 2. The summed E-state index contributed by atoms with van der Waals surface area (Å²) in [6.45, 7) is 7.92. The van der Waals surface area contributed by atoms with Gasteiger partial charge in [-0.1, -0.05) is 44.7 Å². The lowest BCUT2D eigenvalue weighted by atomic mass is 10.2. The van der Waals surface area contributed by atoms with Crippen LogP contribution < -0.4 is 4.74 Å². The molecule has 0 aliphatic rings. The molecule has 1 aromatic carbocycles. The third kappa shape index (κ3) is 3.77. The van der Waals surface area contributed by atoms with E-state index in [1.165, 1.54) is 0 Å². The van der Waals surface area contributed by atoms with Crippen molar-refractivity contribution in [2.75, 3.05) is 6.61 Å². The van der Waals surface area contributed by atoms with Crippen molar-refractivity contribution in [1.29, 1.82) is 0 Å². The zero-order valence-corrected chi connectivity index (χ0v) is 9.60. The molecule has 0 saturated heterocycles. The van der Waals surface area contributed by atoms with Crippen LogP contribution in [0.4, 0.5) is 4.79 Å².